The Morgan fingerprint density at radius 1 is 0.822 bits per heavy atom. The fourth-order valence-electron chi connectivity index (χ4n) is 6.13. The molecule has 9 nitrogen and oxygen atoms in total. The molecule has 5 aromatic rings. The first-order valence-electron chi connectivity index (χ1n) is 15.4. The number of hydrogen-bond acceptors (Lipinski definition) is 9. The highest BCUT2D eigenvalue weighted by atomic mass is 32.2. The van der Waals surface area contributed by atoms with E-state index in [1.165, 1.54) is 29.3 Å². The van der Waals surface area contributed by atoms with E-state index in [-0.39, 0.29) is 17.2 Å². The molecule has 0 saturated carbocycles. The molecule has 1 fully saturated rings. The molecular formula is C35H39N5O4S. The van der Waals surface area contributed by atoms with Gasteiger partial charge in [0.25, 0.3) is 0 Å². The topological polar surface area (TPSA) is 129 Å². The van der Waals surface area contributed by atoms with E-state index in [0.29, 0.717) is 17.8 Å². The third-order valence-electron chi connectivity index (χ3n) is 8.36. The molecule has 2 aromatic heterocycles. The van der Waals surface area contributed by atoms with Crippen molar-refractivity contribution in [1.29, 1.82) is 0 Å². The summed E-state index contributed by atoms with van der Waals surface area (Å²) in [6.45, 7) is 0.189. The molecule has 0 bridgehead atoms. The van der Waals surface area contributed by atoms with Gasteiger partial charge in [0.2, 0.25) is 0 Å². The number of ether oxygens (including phenoxy) is 2. The molecule has 4 unspecified atom stereocenters. The van der Waals surface area contributed by atoms with Gasteiger partial charge in [-0.15, -0.1) is 11.8 Å². The van der Waals surface area contributed by atoms with E-state index in [0.717, 1.165) is 31.4 Å². The standard InChI is InChI=1S/C35H39N5O4S/c36-32-29-33(38-23-37-32)40(24-39-29)34-30(42)31(28(22-41)44-34)43-20-12-1-2-13-21-45-35(25-14-6-3-7-15-25,26-16-8-4-9-17-26)27-18-10-5-11-19-27/h3-11,14-19,23-24,28,30-31,34,41-42H,1-2,12-13,20-22H2,(H2,36,37,38). The minimum absolute atomic E-state index is 0.252. The first-order valence-corrected chi connectivity index (χ1v) is 16.4. The number of unbranched alkanes of at least 4 members (excludes halogenated alkanes) is 3. The molecule has 10 heteroatoms. The lowest BCUT2D eigenvalue weighted by Gasteiger charge is -2.35. The monoisotopic (exact) mass is 625 g/mol. The predicted molar refractivity (Wildman–Crippen MR) is 177 cm³/mol. The SMILES string of the molecule is Nc1ncnc2c1ncn2C1OC(CO)C(OCCCCCCSC(c2ccccc2)(c2ccccc2)c2ccccc2)C1O. The lowest BCUT2D eigenvalue weighted by molar-refractivity contribution is -0.0609. The number of anilines is 1. The largest absolute Gasteiger partial charge is 0.394 e. The number of benzene rings is 3. The number of thioether (sulfide) groups is 1. The van der Waals surface area contributed by atoms with E-state index < -0.39 is 24.5 Å². The molecule has 4 atom stereocenters. The highest BCUT2D eigenvalue weighted by molar-refractivity contribution is 8.00. The van der Waals surface area contributed by atoms with Crippen LogP contribution in [-0.2, 0) is 14.2 Å². The Bertz CT molecular complexity index is 1540. The van der Waals surface area contributed by atoms with Crippen LogP contribution in [-0.4, -0.2) is 67.0 Å². The highest BCUT2D eigenvalue weighted by Crippen LogP contribution is 2.48. The maximum Gasteiger partial charge on any atom is 0.167 e. The summed E-state index contributed by atoms with van der Waals surface area (Å²) < 4.78 is 13.4. The molecule has 1 saturated heterocycles. The van der Waals surface area contributed by atoms with E-state index in [1.54, 1.807) is 4.57 Å². The minimum atomic E-state index is -1.01. The Morgan fingerprint density at radius 2 is 1.42 bits per heavy atom. The maximum absolute atomic E-state index is 11.1. The van der Waals surface area contributed by atoms with Crippen molar-refractivity contribution in [2.75, 3.05) is 24.7 Å². The molecule has 3 heterocycles. The van der Waals surface area contributed by atoms with Crippen LogP contribution >= 0.6 is 11.8 Å². The van der Waals surface area contributed by atoms with Gasteiger partial charge in [0, 0.05) is 6.61 Å². The average Bonchev–Trinajstić information content (AvgIpc) is 3.66. The second kappa shape index (κ2) is 14.5. The van der Waals surface area contributed by atoms with E-state index in [4.69, 9.17) is 15.2 Å². The smallest absolute Gasteiger partial charge is 0.167 e. The molecule has 45 heavy (non-hydrogen) atoms. The number of nitrogen functional groups attached to an aromatic ring is 1. The molecule has 6 rings (SSSR count). The van der Waals surface area contributed by atoms with Crippen LogP contribution in [0.15, 0.2) is 104 Å². The van der Waals surface area contributed by atoms with Gasteiger partial charge in [-0.2, -0.15) is 0 Å². The zero-order valence-electron chi connectivity index (χ0n) is 25.1. The zero-order valence-corrected chi connectivity index (χ0v) is 25.9. The summed E-state index contributed by atoms with van der Waals surface area (Å²) in [5.74, 6) is 1.25. The fourth-order valence-corrected chi connectivity index (χ4v) is 7.69. The molecule has 1 aliphatic heterocycles. The van der Waals surface area contributed by atoms with E-state index in [2.05, 4.69) is 106 Å². The van der Waals surface area contributed by atoms with Gasteiger partial charge in [-0.1, -0.05) is 104 Å². The summed E-state index contributed by atoms with van der Waals surface area (Å²) in [4.78, 5) is 12.5. The number of nitrogens with two attached hydrogens (primary N) is 1. The molecule has 0 amide bonds. The van der Waals surface area contributed by atoms with Crippen LogP contribution in [0.1, 0.15) is 48.6 Å². The Labute approximate surface area is 267 Å². The number of aromatic nitrogens is 4. The summed E-state index contributed by atoms with van der Waals surface area (Å²) in [6.07, 6.45) is 3.67. The van der Waals surface area contributed by atoms with Crippen molar-refractivity contribution >= 4 is 28.7 Å². The Kier molecular flexibility index (Phi) is 10.1. The fraction of sp³-hybridized carbons (Fsp3) is 0.343. The first kappa shape index (κ1) is 31.2. The van der Waals surface area contributed by atoms with Crippen molar-refractivity contribution in [1.82, 2.24) is 19.5 Å². The number of hydrogen-bond donors (Lipinski definition) is 3. The number of aliphatic hydroxyl groups excluding tert-OH is 2. The number of imidazole rings is 1. The van der Waals surface area contributed by atoms with E-state index in [9.17, 15) is 10.2 Å². The van der Waals surface area contributed by atoms with Crippen LogP contribution in [0.2, 0.25) is 0 Å². The quantitative estimate of drug-likeness (QED) is 0.111. The molecule has 3 aromatic carbocycles. The third-order valence-corrected chi connectivity index (χ3v) is 9.99. The van der Waals surface area contributed by atoms with Crippen molar-refractivity contribution in [3.05, 3.63) is 120 Å². The summed E-state index contributed by atoms with van der Waals surface area (Å²) in [6, 6.07) is 32.3. The Morgan fingerprint density at radius 3 is 2.02 bits per heavy atom. The number of aliphatic hydroxyl groups is 2. The van der Waals surface area contributed by atoms with Crippen molar-refractivity contribution in [2.24, 2.45) is 0 Å². The van der Waals surface area contributed by atoms with E-state index in [1.807, 2.05) is 11.8 Å². The van der Waals surface area contributed by atoms with Crippen LogP contribution in [0.25, 0.3) is 11.2 Å². The van der Waals surface area contributed by atoms with Gasteiger partial charge in [0.05, 0.1) is 17.7 Å². The van der Waals surface area contributed by atoms with Gasteiger partial charge >= 0.3 is 0 Å². The van der Waals surface area contributed by atoms with E-state index >= 15 is 0 Å². The van der Waals surface area contributed by atoms with Crippen molar-refractivity contribution in [3.8, 4) is 0 Å². The number of fused-ring (bicyclic) bond motifs is 1. The van der Waals surface area contributed by atoms with Crippen molar-refractivity contribution < 1.29 is 19.7 Å². The first-order chi connectivity index (χ1) is 22.1. The normalized spacial score (nSPS) is 20.1. The third kappa shape index (κ3) is 6.47. The lowest BCUT2D eigenvalue weighted by atomic mass is 9.84. The predicted octanol–water partition coefficient (Wildman–Crippen LogP) is 5.33. The van der Waals surface area contributed by atoms with Crippen LogP contribution in [0.5, 0.6) is 0 Å². The lowest BCUT2D eigenvalue weighted by Crippen LogP contribution is -2.36. The van der Waals surface area contributed by atoms with Crippen LogP contribution in [0, 0.1) is 0 Å². The Balaban J connectivity index is 1.03. The van der Waals surface area contributed by atoms with Gasteiger partial charge in [-0.3, -0.25) is 4.57 Å². The van der Waals surface area contributed by atoms with Crippen LogP contribution < -0.4 is 5.73 Å². The minimum Gasteiger partial charge on any atom is -0.394 e. The van der Waals surface area contributed by atoms with Gasteiger partial charge < -0.3 is 25.4 Å². The summed E-state index contributed by atoms with van der Waals surface area (Å²) >= 11 is 1.98. The van der Waals surface area contributed by atoms with Gasteiger partial charge in [0.15, 0.2) is 17.7 Å². The van der Waals surface area contributed by atoms with Gasteiger partial charge in [-0.05, 0) is 35.3 Å². The Hall–Kier alpha value is -3.80. The van der Waals surface area contributed by atoms with Gasteiger partial charge in [0.1, 0.15) is 30.2 Å². The number of nitrogens with zero attached hydrogens (tertiary/aromatic N) is 4. The molecule has 0 spiro atoms. The van der Waals surface area contributed by atoms with Crippen molar-refractivity contribution in [2.45, 2.75) is 55.0 Å². The molecule has 1 aliphatic rings. The summed E-state index contributed by atoms with van der Waals surface area (Å²) in [5, 5.41) is 21.0. The average molecular weight is 626 g/mol. The molecule has 0 radical (unpaired) electrons. The second-order valence-electron chi connectivity index (χ2n) is 11.2. The van der Waals surface area contributed by atoms with Crippen molar-refractivity contribution in [3.63, 3.8) is 0 Å². The van der Waals surface area contributed by atoms with Crippen LogP contribution in [0.4, 0.5) is 5.82 Å². The molecular weight excluding hydrogens is 586 g/mol. The van der Waals surface area contributed by atoms with Crippen LogP contribution in [0.3, 0.4) is 0 Å². The molecule has 4 N–H and O–H groups in total. The summed E-state index contributed by atoms with van der Waals surface area (Å²) in [7, 11) is 0. The molecule has 0 aliphatic carbocycles. The maximum atomic E-state index is 11.1. The summed E-state index contributed by atoms with van der Waals surface area (Å²) in [5.41, 5.74) is 10.6. The highest BCUT2D eigenvalue weighted by Gasteiger charge is 2.45. The van der Waals surface area contributed by atoms with Gasteiger partial charge in [-0.25, -0.2) is 15.0 Å². The number of rotatable bonds is 14. The second-order valence-corrected chi connectivity index (χ2v) is 12.5. The molecule has 234 valence electrons. The zero-order chi connectivity index (χ0) is 31.1.